The highest BCUT2D eigenvalue weighted by atomic mass is 32.2. The number of nitrogens with two attached hydrogens (primary N) is 5. The molecule has 756 valence electrons. The van der Waals surface area contributed by atoms with E-state index in [0.717, 1.165) is 241 Å². The van der Waals surface area contributed by atoms with Gasteiger partial charge in [0.2, 0.25) is 0 Å². The number of aromatic nitrogens is 22. The molecule has 146 heavy (non-hydrogen) atoms. The van der Waals surface area contributed by atoms with Crippen LogP contribution in [-0.4, -0.2) is 157 Å². The zero-order valence-corrected chi connectivity index (χ0v) is 91.6. The summed E-state index contributed by atoms with van der Waals surface area (Å²) in [5, 5.41) is 4.09. The van der Waals surface area contributed by atoms with Crippen LogP contribution < -0.4 is 28.7 Å². The van der Waals surface area contributed by atoms with Gasteiger partial charge in [0, 0.05) is 197 Å². The Balaban J connectivity index is 0.000000131. The van der Waals surface area contributed by atoms with E-state index in [1.54, 1.807) is 67.9 Å². The van der Waals surface area contributed by atoms with Gasteiger partial charge in [-0.15, -0.1) is 56.7 Å². The average molecular weight is 2150 g/mol. The van der Waals surface area contributed by atoms with Crippen molar-refractivity contribution in [1.29, 1.82) is 0 Å². The lowest BCUT2D eigenvalue weighted by molar-refractivity contribution is 0.625. The molecule has 20 heterocycles. The number of nitrogen functional groups attached to an aromatic ring is 5. The Bertz CT molecular complexity index is 7520. The number of imidazole rings is 5. The number of aryl methyl sites for hydroxylation is 5. The van der Waals surface area contributed by atoms with E-state index in [2.05, 4.69) is 99.4 Å². The van der Waals surface area contributed by atoms with Crippen LogP contribution in [0.5, 0.6) is 0 Å². The summed E-state index contributed by atoms with van der Waals surface area (Å²) in [5.74, 6) is 6.99. The third-order valence-corrected chi connectivity index (χ3v) is 39.9. The minimum Gasteiger partial charge on any atom is -0.396 e. The Morgan fingerprint density at radius 1 is 0.295 bits per heavy atom. The van der Waals surface area contributed by atoms with E-state index in [9.17, 15) is 25.4 Å². The first-order valence-corrected chi connectivity index (χ1v) is 58.1. The van der Waals surface area contributed by atoms with Crippen LogP contribution in [0, 0.1) is 40.4 Å². The van der Waals surface area contributed by atoms with Gasteiger partial charge in [0.05, 0.1) is 170 Å². The molecule has 20 aromatic rings. The number of rotatable bonds is 30. The molecule has 0 spiro atoms. The molecule has 43 heteroatoms. The van der Waals surface area contributed by atoms with E-state index in [1.165, 1.54) is 81.6 Å². The van der Waals surface area contributed by atoms with Gasteiger partial charge in [-0.05, 0) is 133 Å². The maximum Gasteiger partial charge on any atom is 0.151 e. The van der Waals surface area contributed by atoms with Crippen LogP contribution in [0.2, 0.25) is 0 Å². The van der Waals surface area contributed by atoms with E-state index in [-0.39, 0.29) is 5.69 Å². The van der Waals surface area contributed by atoms with Crippen molar-refractivity contribution in [2.24, 2.45) is 35.2 Å². The predicted molar refractivity (Wildman–Crippen MR) is 597 cm³/mol. The highest BCUT2D eigenvalue weighted by Gasteiger charge is 2.31. The van der Waals surface area contributed by atoms with Gasteiger partial charge in [-0.25, -0.2) is 74.2 Å². The van der Waals surface area contributed by atoms with Gasteiger partial charge in [0.25, 0.3) is 0 Å². The number of hydrogen-bond acceptors (Lipinski definition) is 32. The maximum atomic E-state index is 14.5. The molecule has 32 nitrogen and oxygen atoms in total. The molecule has 5 atom stereocenters. The Hall–Kier alpha value is -13.1. The molecule has 10 N–H and O–H groups in total. The average Bonchev–Trinajstić information content (AvgIpc) is 1.62. The maximum absolute atomic E-state index is 14.5. The number of anilines is 5. The minimum absolute atomic E-state index is 0.167. The molecule has 0 saturated carbocycles. The molecule has 0 aliphatic carbocycles. The summed E-state index contributed by atoms with van der Waals surface area (Å²) in [5.41, 5.74) is 51.6. The van der Waals surface area contributed by atoms with Gasteiger partial charge in [0.15, 0.2) is 5.82 Å². The van der Waals surface area contributed by atoms with E-state index in [4.69, 9.17) is 48.6 Å². The van der Waals surface area contributed by atoms with Gasteiger partial charge in [-0.2, -0.15) is 0 Å². The third kappa shape index (κ3) is 22.3. The summed E-state index contributed by atoms with van der Waals surface area (Å²) in [6.07, 6.45) is 37.0. The van der Waals surface area contributed by atoms with Crippen molar-refractivity contribution in [3.63, 3.8) is 0 Å². The normalized spacial score (nSPS) is 12.5. The van der Waals surface area contributed by atoms with Crippen molar-refractivity contribution >= 4 is 190 Å². The molecule has 1 unspecified atom stereocenters. The van der Waals surface area contributed by atoms with Crippen LogP contribution in [0.3, 0.4) is 0 Å². The Morgan fingerprint density at radius 2 is 0.521 bits per heavy atom. The minimum atomic E-state index is -1.21. The summed E-state index contributed by atoms with van der Waals surface area (Å²) in [6, 6.07) is 20.5. The molecule has 20 rings (SSSR count). The highest BCUT2D eigenvalue weighted by Crippen LogP contribution is 2.50. The lowest BCUT2D eigenvalue weighted by Gasteiger charge is -2.10. The van der Waals surface area contributed by atoms with Crippen LogP contribution in [0.1, 0.15) is 128 Å². The van der Waals surface area contributed by atoms with Gasteiger partial charge in [0.1, 0.15) is 92.7 Å². The number of unbranched alkanes of at least 4 members (excludes halogenated alkanes) is 5. The highest BCUT2D eigenvalue weighted by molar-refractivity contribution is 7.89. The summed E-state index contributed by atoms with van der Waals surface area (Å²) in [4.78, 5) is 78.9. The Kier molecular flexibility index (Phi) is 34.1. The summed E-state index contributed by atoms with van der Waals surface area (Å²) >= 11 is 6.97. The van der Waals surface area contributed by atoms with Gasteiger partial charge >= 0.3 is 0 Å². The molecule has 0 aliphatic rings. The number of fused-ring (bicyclic) bond motifs is 5. The van der Waals surface area contributed by atoms with E-state index < -0.39 is 59.8 Å². The van der Waals surface area contributed by atoms with Crippen molar-refractivity contribution in [3.05, 3.63) is 201 Å². The lowest BCUT2D eigenvalue weighted by atomic mass is 10.1. The zero-order valence-electron chi connectivity index (χ0n) is 83.4. The SMILES string of the molecule is CCCCS(=O)c1sc2nc(-c3ncccc3F)cc(-c3cnc(C)n3C)c2c1N.CCCC[S@@](=O)c1sc2nc(-c3cccnc3)cc(-c3cnc(C)n3C)c2c1N.CCCC[S@@](=O)c1sc2nc(-c3cncnc3)cc(-c3cnc(C)n3C)c2c1N.CCCC[S@](=O)c1sc2nc(-c3cccnc3)cc(-c3cnc(C)n3C)c2c1N.CCCC[S@](=O)c1sc2nc(-c3cncnc3)cc(-c3cnc(C)n3C)c2c1N. The first-order valence-electron chi connectivity index (χ1n) is 47.4. The van der Waals surface area contributed by atoms with Crippen molar-refractivity contribution in [2.75, 3.05) is 57.4 Å². The third-order valence-electron chi connectivity index (χ3n) is 24.9. The fraction of sp³-hybridized carbons (Fsp3) is 0.291. The van der Waals surface area contributed by atoms with Crippen LogP contribution in [-0.2, 0) is 89.2 Å². The second-order valence-corrected chi connectivity index (χ2v) is 48.4. The first-order chi connectivity index (χ1) is 70.4. The largest absolute Gasteiger partial charge is 0.396 e. The Labute approximate surface area is 876 Å². The Morgan fingerprint density at radius 3 is 0.740 bits per heavy atom. The van der Waals surface area contributed by atoms with Crippen LogP contribution in [0.15, 0.2) is 187 Å². The smallest absolute Gasteiger partial charge is 0.151 e. The number of hydrogen-bond donors (Lipinski definition) is 5. The van der Waals surface area contributed by atoms with Crippen LogP contribution >= 0.6 is 56.7 Å². The predicted octanol–water partition coefficient (Wildman–Crippen LogP) is 21.7. The van der Waals surface area contributed by atoms with Gasteiger partial charge in [-0.1, -0.05) is 66.7 Å². The first kappa shape index (κ1) is 106. The quantitative estimate of drug-likeness (QED) is 0.0279. The van der Waals surface area contributed by atoms with Gasteiger partial charge in [-0.3, -0.25) is 36.0 Å². The number of thiophene rings is 5. The zero-order chi connectivity index (χ0) is 104. The van der Waals surface area contributed by atoms with Crippen molar-refractivity contribution in [2.45, 2.75) is 154 Å². The van der Waals surface area contributed by atoms with Crippen LogP contribution in [0.4, 0.5) is 32.8 Å². The molecular weight excluding hydrogens is 2030 g/mol. The molecular formula is C103H112FN27O5S10. The van der Waals surface area contributed by atoms with Gasteiger partial charge < -0.3 is 51.5 Å². The number of pyridine rings is 8. The number of halogens is 1. The second kappa shape index (κ2) is 47.2. The van der Waals surface area contributed by atoms with Crippen LogP contribution in [0.25, 0.3) is 164 Å². The van der Waals surface area contributed by atoms with E-state index in [1.807, 2.05) is 166 Å². The van der Waals surface area contributed by atoms with E-state index >= 15 is 0 Å². The molecule has 20 aromatic heterocycles. The standard InChI is InChI=1S/C21H22FN5OS2.2C21H23N5OS2.2C20H22N6OS2/c1-4-5-9-30(28)21-18(23)17-13(16-11-25-12(2)27(16)3)10-15(26-20(17)29-21)19-14(22)7-6-8-24-19;2*1-4-5-9-29(27)21-19(22)18-15(17-12-24-13(2)26(17)3)10-16(25-20(18)28-21)14-7-6-8-23-11-14;2*1-4-5-6-29(27)20-18(21)17-14(16-10-24-12(2)26(16)3)7-15(25-19(17)28-20)13-8-22-11-23-9-13/h6-8,10-11H,4-5,9,23H2,1-3H3;2*6-8,10-12H,4-5,9,22H2,1-3H3;2*7-11H,4-6,21H2,1-3H3/t;4*29-/m.1010/s1. The van der Waals surface area contributed by atoms with Crippen molar-refractivity contribution in [1.82, 2.24) is 108 Å². The molecule has 0 aliphatic heterocycles. The van der Waals surface area contributed by atoms with Crippen molar-refractivity contribution < 1.29 is 25.4 Å². The monoisotopic (exact) mass is 2150 g/mol. The van der Waals surface area contributed by atoms with Crippen molar-refractivity contribution in [3.8, 4) is 113 Å². The molecule has 0 aromatic carbocycles. The second-order valence-electron chi connectivity index (χ2n) is 34.5. The summed E-state index contributed by atoms with van der Waals surface area (Å²) < 4.78 is 92.2. The summed E-state index contributed by atoms with van der Waals surface area (Å²) in [6.45, 7) is 20.2. The fourth-order valence-electron chi connectivity index (χ4n) is 16.1. The summed E-state index contributed by atoms with van der Waals surface area (Å²) in [7, 11) is 4.09. The molecule has 0 amide bonds. The molecule has 0 saturated heterocycles. The van der Waals surface area contributed by atoms with E-state index in [0.29, 0.717) is 88.8 Å². The topological polar surface area (TPSA) is 459 Å². The molecule has 0 bridgehead atoms. The molecule has 0 fully saturated rings. The molecule has 0 radical (unpaired) electrons. The number of nitrogens with zero attached hydrogens (tertiary/aromatic N) is 22. The lowest BCUT2D eigenvalue weighted by Crippen LogP contribution is -2.00. The fourth-order valence-corrected chi connectivity index (χ4v) is 30.1.